The quantitative estimate of drug-likeness (QED) is 0.431. The lowest BCUT2D eigenvalue weighted by atomic mass is 10.0. The van der Waals surface area contributed by atoms with Gasteiger partial charge in [0.15, 0.2) is 0 Å². The van der Waals surface area contributed by atoms with Gasteiger partial charge < -0.3 is 10.1 Å². The summed E-state index contributed by atoms with van der Waals surface area (Å²) in [4.78, 5) is 11.1. The zero-order valence-electron chi connectivity index (χ0n) is 16.6. The van der Waals surface area contributed by atoms with E-state index in [1.54, 1.807) is 0 Å². The summed E-state index contributed by atoms with van der Waals surface area (Å²) >= 11 is 0. The van der Waals surface area contributed by atoms with Gasteiger partial charge in [0.05, 0.1) is 19.5 Å². The first-order chi connectivity index (χ1) is 13.3. The maximum atomic E-state index is 11.1. The standard InChI is InChI=1S/C21H29NO5S/c1-17(23)22-13-12-19-9-7-8-18-10-11-20(16-21(18)19)26-14-5-3-4-6-15-27-28(2,24)25/h7-11,16H,3-6,12-15H2,1-2H3,(H,22,23). The number of ether oxygens (including phenoxy) is 1. The fourth-order valence-corrected chi connectivity index (χ4v) is 3.38. The van der Waals surface area contributed by atoms with Crippen molar-refractivity contribution in [3.8, 4) is 5.75 Å². The highest BCUT2D eigenvalue weighted by molar-refractivity contribution is 7.85. The van der Waals surface area contributed by atoms with Gasteiger partial charge in [-0.1, -0.05) is 30.7 Å². The first-order valence-corrected chi connectivity index (χ1v) is 11.4. The third-order valence-corrected chi connectivity index (χ3v) is 4.91. The first-order valence-electron chi connectivity index (χ1n) is 9.58. The van der Waals surface area contributed by atoms with E-state index in [2.05, 4.69) is 29.6 Å². The summed E-state index contributed by atoms with van der Waals surface area (Å²) in [6, 6.07) is 12.2. The van der Waals surface area contributed by atoms with Crippen LogP contribution in [0.3, 0.4) is 0 Å². The Hall–Kier alpha value is -2.12. The molecular weight excluding hydrogens is 378 g/mol. The number of hydrogen-bond donors (Lipinski definition) is 1. The molecule has 1 amide bonds. The number of unbranched alkanes of at least 4 members (excludes halogenated alkanes) is 3. The highest BCUT2D eigenvalue weighted by atomic mass is 32.2. The predicted octanol–water partition coefficient (Wildman–Crippen LogP) is 3.43. The Morgan fingerprint density at radius 1 is 1.04 bits per heavy atom. The summed E-state index contributed by atoms with van der Waals surface area (Å²) < 4.78 is 32.3. The molecule has 1 N–H and O–H groups in total. The second-order valence-corrected chi connectivity index (χ2v) is 8.47. The van der Waals surface area contributed by atoms with Gasteiger partial charge >= 0.3 is 0 Å². The lowest BCUT2D eigenvalue weighted by molar-refractivity contribution is -0.118. The number of carbonyl (C=O) groups is 1. The van der Waals surface area contributed by atoms with Crippen molar-refractivity contribution < 1.29 is 22.1 Å². The monoisotopic (exact) mass is 407 g/mol. The number of hydrogen-bond acceptors (Lipinski definition) is 5. The normalized spacial score (nSPS) is 11.5. The molecule has 0 aliphatic carbocycles. The Labute approximate surface area is 167 Å². The van der Waals surface area contributed by atoms with Crippen LogP contribution in [0.4, 0.5) is 0 Å². The number of amides is 1. The first kappa shape index (κ1) is 22.2. The maximum absolute atomic E-state index is 11.1. The molecule has 0 radical (unpaired) electrons. The molecule has 2 rings (SSSR count). The Morgan fingerprint density at radius 3 is 2.50 bits per heavy atom. The van der Waals surface area contributed by atoms with Gasteiger partial charge in [0, 0.05) is 13.5 Å². The molecule has 0 aromatic heterocycles. The molecule has 0 aliphatic heterocycles. The molecule has 0 unspecified atom stereocenters. The fourth-order valence-electron chi connectivity index (χ4n) is 2.96. The summed E-state index contributed by atoms with van der Waals surface area (Å²) in [5, 5.41) is 5.13. The molecule has 0 saturated carbocycles. The van der Waals surface area contributed by atoms with Gasteiger partial charge in [0.2, 0.25) is 5.91 Å². The molecular formula is C21H29NO5S. The van der Waals surface area contributed by atoms with Gasteiger partial charge in [-0.2, -0.15) is 8.42 Å². The Kier molecular flexibility index (Phi) is 8.73. The van der Waals surface area contributed by atoms with Crippen LogP contribution in [0.25, 0.3) is 10.8 Å². The number of benzene rings is 2. The van der Waals surface area contributed by atoms with E-state index >= 15 is 0 Å². The van der Waals surface area contributed by atoms with Gasteiger partial charge in [-0.25, -0.2) is 0 Å². The van der Waals surface area contributed by atoms with Crippen molar-refractivity contribution in [1.29, 1.82) is 0 Å². The zero-order chi connectivity index (χ0) is 20.4. The van der Waals surface area contributed by atoms with E-state index in [1.807, 2.05) is 12.1 Å². The van der Waals surface area contributed by atoms with Gasteiger partial charge in [-0.3, -0.25) is 8.98 Å². The topological polar surface area (TPSA) is 81.7 Å². The number of fused-ring (bicyclic) bond motifs is 1. The molecule has 2 aromatic rings. The van der Waals surface area contributed by atoms with Crippen LogP contribution in [-0.4, -0.2) is 40.3 Å². The lowest BCUT2D eigenvalue weighted by Gasteiger charge is -2.11. The third kappa shape index (κ3) is 8.27. The fraction of sp³-hybridized carbons (Fsp3) is 0.476. The van der Waals surface area contributed by atoms with E-state index in [0.29, 0.717) is 13.2 Å². The number of nitrogens with one attached hydrogen (secondary N) is 1. The van der Waals surface area contributed by atoms with Crippen molar-refractivity contribution in [2.24, 2.45) is 0 Å². The summed E-state index contributed by atoms with van der Waals surface area (Å²) in [6.07, 6.45) is 5.33. The van der Waals surface area contributed by atoms with Gasteiger partial charge in [0.1, 0.15) is 5.75 Å². The highest BCUT2D eigenvalue weighted by Crippen LogP contribution is 2.24. The minimum Gasteiger partial charge on any atom is -0.494 e. The van der Waals surface area contributed by atoms with E-state index in [1.165, 1.54) is 12.5 Å². The van der Waals surface area contributed by atoms with E-state index in [4.69, 9.17) is 8.92 Å². The second kappa shape index (κ2) is 11.0. The molecule has 0 atom stereocenters. The summed E-state index contributed by atoms with van der Waals surface area (Å²) in [5.74, 6) is 0.812. The molecule has 0 bridgehead atoms. The van der Waals surface area contributed by atoms with Crippen molar-refractivity contribution in [2.45, 2.75) is 39.0 Å². The predicted molar refractivity (Wildman–Crippen MR) is 111 cm³/mol. The Morgan fingerprint density at radius 2 is 1.79 bits per heavy atom. The van der Waals surface area contributed by atoms with Gasteiger partial charge in [-0.15, -0.1) is 0 Å². The molecule has 0 fully saturated rings. The molecule has 7 heteroatoms. The van der Waals surface area contributed by atoms with Crippen LogP contribution in [0.1, 0.15) is 38.2 Å². The van der Waals surface area contributed by atoms with Crippen molar-refractivity contribution in [1.82, 2.24) is 5.32 Å². The maximum Gasteiger partial charge on any atom is 0.264 e. The minimum atomic E-state index is -3.33. The summed E-state index contributed by atoms with van der Waals surface area (Å²) in [6.45, 7) is 2.99. The smallest absolute Gasteiger partial charge is 0.264 e. The average molecular weight is 408 g/mol. The van der Waals surface area contributed by atoms with Crippen molar-refractivity contribution in [3.63, 3.8) is 0 Å². The van der Waals surface area contributed by atoms with Crippen molar-refractivity contribution in [3.05, 3.63) is 42.0 Å². The van der Waals surface area contributed by atoms with Crippen LogP contribution in [-0.2, 0) is 25.5 Å². The average Bonchev–Trinajstić information content (AvgIpc) is 2.63. The Bertz CT molecular complexity index is 879. The van der Waals surface area contributed by atoms with Gasteiger partial charge in [-0.05, 0) is 54.2 Å². The van der Waals surface area contributed by atoms with E-state index in [9.17, 15) is 13.2 Å². The van der Waals surface area contributed by atoms with Crippen LogP contribution in [0.2, 0.25) is 0 Å². The van der Waals surface area contributed by atoms with Gasteiger partial charge in [0.25, 0.3) is 10.1 Å². The highest BCUT2D eigenvalue weighted by Gasteiger charge is 2.04. The van der Waals surface area contributed by atoms with Crippen LogP contribution in [0.5, 0.6) is 5.75 Å². The van der Waals surface area contributed by atoms with Crippen LogP contribution < -0.4 is 10.1 Å². The van der Waals surface area contributed by atoms with Crippen molar-refractivity contribution >= 4 is 26.8 Å². The van der Waals surface area contributed by atoms with E-state index < -0.39 is 10.1 Å². The van der Waals surface area contributed by atoms with E-state index in [-0.39, 0.29) is 12.5 Å². The largest absolute Gasteiger partial charge is 0.494 e. The Balaban J connectivity index is 1.79. The lowest BCUT2D eigenvalue weighted by Crippen LogP contribution is -2.22. The van der Waals surface area contributed by atoms with Crippen LogP contribution >= 0.6 is 0 Å². The van der Waals surface area contributed by atoms with E-state index in [0.717, 1.165) is 54.9 Å². The van der Waals surface area contributed by atoms with Crippen LogP contribution in [0, 0.1) is 0 Å². The molecule has 154 valence electrons. The molecule has 28 heavy (non-hydrogen) atoms. The zero-order valence-corrected chi connectivity index (χ0v) is 17.4. The number of carbonyl (C=O) groups excluding carboxylic acids is 1. The molecule has 0 saturated heterocycles. The molecule has 0 spiro atoms. The minimum absolute atomic E-state index is 0.0212. The summed E-state index contributed by atoms with van der Waals surface area (Å²) in [5.41, 5.74) is 1.18. The SMILES string of the molecule is CC(=O)NCCc1cccc2ccc(OCCCCCCOS(C)(=O)=O)cc12. The van der Waals surface area contributed by atoms with Crippen LogP contribution in [0.15, 0.2) is 36.4 Å². The molecule has 6 nitrogen and oxygen atoms in total. The molecule has 2 aromatic carbocycles. The number of rotatable bonds is 12. The third-order valence-electron chi connectivity index (χ3n) is 4.32. The molecule has 0 heterocycles. The molecule has 0 aliphatic rings. The second-order valence-electron chi connectivity index (χ2n) is 6.82. The summed E-state index contributed by atoms with van der Waals surface area (Å²) in [7, 11) is -3.33. The van der Waals surface area contributed by atoms with Crippen molar-refractivity contribution in [2.75, 3.05) is 26.0 Å².